The summed E-state index contributed by atoms with van der Waals surface area (Å²) in [5, 5.41) is -0.814. The maximum atomic E-state index is 14.1. The minimum Gasteiger partial charge on any atom is -0.207 e. The Labute approximate surface area is 123 Å². The molecule has 2 aromatic rings. The van der Waals surface area contributed by atoms with E-state index in [1.165, 1.54) is 17.7 Å². The lowest BCUT2D eigenvalue weighted by molar-refractivity contribution is 0.553. The number of alkyl halides is 1. The average molecular weight is 295 g/mol. The number of hydrogen-bond donors (Lipinski definition) is 0. The second-order valence-electron chi connectivity index (χ2n) is 4.95. The van der Waals surface area contributed by atoms with Gasteiger partial charge in [0.1, 0.15) is 11.6 Å². The highest BCUT2D eigenvalue weighted by atomic mass is 35.5. The Morgan fingerprint density at radius 1 is 1.05 bits per heavy atom. The number of aryl methyl sites for hydroxylation is 2. The molecular weight excluding hydrogens is 278 g/mol. The van der Waals surface area contributed by atoms with Crippen molar-refractivity contribution in [3.63, 3.8) is 0 Å². The maximum Gasteiger partial charge on any atom is 0.134 e. The van der Waals surface area contributed by atoms with Crippen molar-refractivity contribution >= 4 is 11.6 Å². The molecule has 20 heavy (non-hydrogen) atoms. The molecule has 0 saturated heterocycles. The first-order chi connectivity index (χ1) is 9.54. The predicted octanol–water partition coefficient (Wildman–Crippen LogP) is 5.55. The zero-order valence-corrected chi connectivity index (χ0v) is 12.3. The van der Waals surface area contributed by atoms with Gasteiger partial charge in [-0.05, 0) is 36.1 Å². The summed E-state index contributed by atoms with van der Waals surface area (Å²) >= 11 is 6.26. The Kier molecular flexibility index (Phi) is 4.77. The van der Waals surface area contributed by atoms with Gasteiger partial charge in [0.15, 0.2) is 0 Å². The van der Waals surface area contributed by atoms with E-state index < -0.39 is 17.0 Å². The molecule has 0 spiro atoms. The van der Waals surface area contributed by atoms with Crippen LogP contribution in [0.5, 0.6) is 0 Å². The molecule has 1 unspecified atom stereocenters. The zero-order chi connectivity index (χ0) is 14.7. The van der Waals surface area contributed by atoms with Gasteiger partial charge in [0.05, 0.1) is 5.38 Å². The van der Waals surface area contributed by atoms with Crippen LogP contribution in [0.1, 0.15) is 41.0 Å². The van der Waals surface area contributed by atoms with Crippen LogP contribution < -0.4 is 0 Å². The summed E-state index contributed by atoms with van der Waals surface area (Å²) < 4.78 is 27.9. The highest BCUT2D eigenvalue weighted by Gasteiger charge is 2.21. The van der Waals surface area contributed by atoms with Crippen LogP contribution in [-0.4, -0.2) is 0 Å². The van der Waals surface area contributed by atoms with Crippen molar-refractivity contribution in [3.8, 4) is 0 Å². The monoisotopic (exact) mass is 294 g/mol. The highest BCUT2D eigenvalue weighted by Crippen LogP contribution is 2.33. The lowest BCUT2D eigenvalue weighted by atomic mass is 9.99. The third kappa shape index (κ3) is 3.01. The Bertz CT molecular complexity index is 591. The molecule has 0 saturated carbocycles. The maximum absolute atomic E-state index is 14.1. The summed E-state index contributed by atoms with van der Waals surface area (Å²) in [4.78, 5) is 0. The summed E-state index contributed by atoms with van der Waals surface area (Å²) in [6.45, 7) is 3.71. The van der Waals surface area contributed by atoms with Crippen molar-refractivity contribution < 1.29 is 8.78 Å². The minimum atomic E-state index is -0.814. The van der Waals surface area contributed by atoms with E-state index in [2.05, 4.69) is 6.92 Å². The van der Waals surface area contributed by atoms with E-state index in [-0.39, 0.29) is 5.56 Å². The fourth-order valence-corrected chi connectivity index (χ4v) is 2.56. The molecule has 0 nitrogen and oxygen atoms in total. The normalized spacial score (nSPS) is 12.4. The van der Waals surface area contributed by atoms with Gasteiger partial charge in [0, 0.05) is 5.56 Å². The molecule has 3 heteroatoms. The zero-order valence-electron chi connectivity index (χ0n) is 11.6. The number of rotatable bonds is 4. The van der Waals surface area contributed by atoms with Crippen LogP contribution in [0, 0.1) is 18.6 Å². The van der Waals surface area contributed by atoms with E-state index in [0.717, 1.165) is 12.8 Å². The molecule has 0 heterocycles. The largest absolute Gasteiger partial charge is 0.207 e. The third-order valence-corrected chi connectivity index (χ3v) is 3.85. The second-order valence-corrected chi connectivity index (χ2v) is 5.38. The molecule has 2 aromatic carbocycles. The van der Waals surface area contributed by atoms with Gasteiger partial charge in [-0.2, -0.15) is 0 Å². The summed E-state index contributed by atoms with van der Waals surface area (Å²) in [5.74, 6) is -1.17. The van der Waals surface area contributed by atoms with E-state index in [0.29, 0.717) is 11.1 Å². The molecule has 0 bridgehead atoms. The van der Waals surface area contributed by atoms with Crippen LogP contribution in [0.15, 0.2) is 36.4 Å². The van der Waals surface area contributed by atoms with Crippen LogP contribution in [-0.2, 0) is 6.42 Å². The lowest BCUT2D eigenvalue weighted by Crippen LogP contribution is -2.03. The van der Waals surface area contributed by atoms with Crippen LogP contribution >= 0.6 is 11.6 Å². The van der Waals surface area contributed by atoms with Crippen molar-refractivity contribution in [2.75, 3.05) is 0 Å². The quantitative estimate of drug-likeness (QED) is 0.648. The average Bonchev–Trinajstić information content (AvgIpc) is 2.44. The van der Waals surface area contributed by atoms with Crippen LogP contribution in [0.3, 0.4) is 0 Å². The Balaban J connectivity index is 2.36. The van der Waals surface area contributed by atoms with Crippen LogP contribution in [0.4, 0.5) is 8.78 Å². The molecule has 0 amide bonds. The van der Waals surface area contributed by atoms with E-state index in [4.69, 9.17) is 11.6 Å². The number of halogens is 3. The summed E-state index contributed by atoms with van der Waals surface area (Å²) in [6, 6.07) is 10.3. The van der Waals surface area contributed by atoms with Gasteiger partial charge < -0.3 is 0 Å². The molecule has 0 aromatic heterocycles. The Hall–Kier alpha value is -1.41. The second kappa shape index (κ2) is 6.36. The Morgan fingerprint density at radius 2 is 1.70 bits per heavy atom. The van der Waals surface area contributed by atoms with Crippen LogP contribution in [0.25, 0.3) is 0 Å². The van der Waals surface area contributed by atoms with E-state index >= 15 is 0 Å². The van der Waals surface area contributed by atoms with Crippen molar-refractivity contribution in [2.45, 2.75) is 32.1 Å². The molecule has 1 atom stereocenters. The fraction of sp³-hybridized carbons (Fsp3) is 0.294. The van der Waals surface area contributed by atoms with Crippen molar-refractivity contribution in [3.05, 3.63) is 70.3 Å². The van der Waals surface area contributed by atoms with E-state index in [1.54, 1.807) is 6.92 Å². The molecular formula is C17H17ClF2. The van der Waals surface area contributed by atoms with E-state index in [9.17, 15) is 8.78 Å². The smallest absolute Gasteiger partial charge is 0.134 e. The lowest BCUT2D eigenvalue weighted by Gasteiger charge is -2.14. The number of hydrogen-bond acceptors (Lipinski definition) is 0. The van der Waals surface area contributed by atoms with Crippen molar-refractivity contribution in [1.29, 1.82) is 0 Å². The first kappa shape index (κ1) is 15.0. The van der Waals surface area contributed by atoms with Gasteiger partial charge in [-0.3, -0.25) is 0 Å². The van der Waals surface area contributed by atoms with Gasteiger partial charge in [-0.15, -0.1) is 11.6 Å². The van der Waals surface area contributed by atoms with Gasteiger partial charge in [-0.25, -0.2) is 8.78 Å². The van der Waals surface area contributed by atoms with Gasteiger partial charge in [0.2, 0.25) is 0 Å². The fourth-order valence-electron chi connectivity index (χ4n) is 2.22. The molecule has 0 aliphatic carbocycles. The van der Waals surface area contributed by atoms with Crippen LogP contribution in [0.2, 0.25) is 0 Å². The number of benzene rings is 2. The molecule has 0 aliphatic rings. The van der Waals surface area contributed by atoms with Gasteiger partial charge in [-0.1, -0.05) is 43.7 Å². The third-order valence-electron chi connectivity index (χ3n) is 3.38. The molecule has 0 radical (unpaired) electrons. The summed E-state index contributed by atoms with van der Waals surface area (Å²) in [5.41, 5.74) is 2.23. The summed E-state index contributed by atoms with van der Waals surface area (Å²) in [6.07, 6.45) is 2.05. The first-order valence-electron chi connectivity index (χ1n) is 6.72. The van der Waals surface area contributed by atoms with Gasteiger partial charge >= 0.3 is 0 Å². The minimum absolute atomic E-state index is 0.0742. The van der Waals surface area contributed by atoms with Crippen molar-refractivity contribution in [1.82, 2.24) is 0 Å². The molecule has 106 valence electrons. The predicted molar refractivity (Wildman–Crippen MR) is 79.2 cm³/mol. The highest BCUT2D eigenvalue weighted by molar-refractivity contribution is 6.22. The molecule has 0 fully saturated rings. The summed E-state index contributed by atoms with van der Waals surface area (Å²) in [7, 11) is 0. The standard InChI is InChI=1S/C17H17ClF2/c1-3-4-12-6-8-13(9-7-12)16(18)15-14(19)10-5-11(2)17(15)20/h5-10,16H,3-4H2,1-2H3. The van der Waals surface area contributed by atoms with Gasteiger partial charge in [0.25, 0.3) is 0 Å². The SMILES string of the molecule is CCCc1ccc(C(Cl)c2c(F)ccc(C)c2F)cc1. The van der Waals surface area contributed by atoms with E-state index in [1.807, 2.05) is 24.3 Å². The molecule has 0 aliphatic heterocycles. The molecule has 2 rings (SSSR count). The van der Waals surface area contributed by atoms with Crippen molar-refractivity contribution in [2.24, 2.45) is 0 Å². The topological polar surface area (TPSA) is 0 Å². The Morgan fingerprint density at radius 3 is 2.30 bits per heavy atom. The molecule has 0 N–H and O–H groups in total. The first-order valence-corrected chi connectivity index (χ1v) is 7.15.